The first-order chi connectivity index (χ1) is 10.4. The maximum Gasteiger partial charge on any atom is 0.226 e. The number of β-amino-alcohol motifs (C(OH)–C–C–N with tert-alkyl or cyclic N) is 1. The quantitative estimate of drug-likeness (QED) is 0.549. The van der Waals surface area contributed by atoms with Gasteiger partial charge >= 0.3 is 0 Å². The maximum absolute atomic E-state index is 11.5. The van der Waals surface area contributed by atoms with Crippen LogP contribution in [0.2, 0.25) is 0 Å². The van der Waals surface area contributed by atoms with Crippen LogP contribution in [0.4, 0.5) is 5.95 Å². The molecular weight excluding hydrogens is 310 g/mol. The number of aliphatic hydroxyl groups excluding tert-OH is 1. The SMILES string of the molecule is COCCO[C@@H]1CCN(c2nccc(S(C)(=O)=O)n2)C[C@H]1O. The minimum atomic E-state index is -3.38. The van der Waals surface area contributed by atoms with Crippen molar-refractivity contribution in [3.63, 3.8) is 0 Å². The van der Waals surface area contributed by atoms with Gasteiger partial charge in [0, 0.05) is 32.7 Å². The Balaban J connectivity index is 2.01. The Morgan fingerprint density at radius 1 is 1.45 bits per heavy atom. The Kier molecular flexibility index (Phi) is 5.68. The summed E-state index contributed by atoms with van der Waals surface area (Å²) in [5.41, 5.74) is 0. The minimum Gasteiger partial charge on any atom is -0.389 e. The van der Waals surface area contributed by atoms with Gasteiger partial charge in [-0.1, -0.05) is 0 Å². The van der Waals surface area contributed by atoms with E-state index in [1.54, 1.807) is 12.0 Å². The molecule has 0 radical (unpaired) electrons. The summed E-state index contributed by atoms with van der Waals surface area (Å²) in [6.07, 6.45) is 2.17. The molecule has 8 nitrogen and oxygen atoms in total. The van der Waals surface area contributed by atoms with Crippen molar-refractivity contribution in [2.24, 2.45) is 0 Å². The summed E-state index contributed by atoms with van der Waals surface area (Å²) in [7, 11) is -1.79. The average molecular weight is 331 g/mol. The monoisotopic (exact) mass is 331 g/mol. The minimum absolute atomic E-state index is 0.0227. The van der Waals surface area contributed by atoms with Crippen molar-refractivity contribution in [1.82, 2.24) is 9.97 Å². The summed E-state index contributed by atoms with van der Waals surface area (Å²) in [5, 5.41) is 10.1. The molecule has 0 aromatic carbocycles. The van der Waals surface area contributed by atoms with E-state index in [0.29, 0.717) is 38.7 Å². The molecule has 1 saturated heterocycles. The lowest BCUT2D eigenvalue weighted by atomic mass is 10.1. The van der Waals surface area contributed by atoms with E-state index in [2.05, 4.69) is 9.97 Å². The van der Waals surface area contributed by atoms with Crippen LogP contribution in [0, 0.1) is 0 Å². The van der Waals surface area contributed by atoms with Crippen LogP contribution in [-0.4, -0.2) is 75.4 Å². The van der Waals surface area contributed by atoms with E-state index in [-0.39, 0.29) is 11.1 Å². The fourth-order valence-electron chi connectivity index (χ4n) is 2.26. The van der Waals surface area contributed by atoms with Crippen molar-refractivity contribution >= 4 is 15.8 Å². The molecule has 0 saturated carbocycles. The lowest BCUT2D eigenvalue weighted by Crippen LogP contribution is -2.48. The molecule has 2 heterocycles. The number of rotatable bonds is 6. The Morgan fingerprint density at radius 3 is 2.86 bits per heavy atom. The molecule has 1 aliphatic heterocycles. The largest absolute Gasteiger partial charge is 0.389 e. The van der Waals surface area contributed by atoms with Crippen molar-refractivity contribution < 1.29 is 23.0 Å². The predicted octanol–water partition coefficient (Wildman–Crippen LogP) is -0.517. The lowest BCUT2D eigenvalue weighted by molar-refractivity contribution is -0.0593. The summed E-state index contributed by atoms with van der Waals surface area (Å²) in [6.45, 7) is 1.79. The Labute approximate surface area is 130 Å². The molecule has 1 N–H and O–H groups in total. The Hall–Kier alpha value is -1.29. The standard InChI is InChI=1S/C13H21N3O5S/c1-20-7-8-21-11-4-6-16(9-10(11)17)13-14-5-3-12(15-13)22(2,18)19/h3,5,10-11,17H,4,6-9H2,1-2H3/t10-,11-/m1/s1. The molecule has 124 valence electrons. The van der Waals surface area contributed by atoms with Crippen LogP contribution < -0.4 is 4.90 Å². The van der Waals surface area contributed by atoms with Crippen LogP contribution >= 0.6 is 0 Å². The number of hydrogen-bond acceptors (Lipinski definition) is 8. The van der Waals surface area contributed by atoms with Gasteiger partial charge in [0.25, 0.3) is 0 Å². The van der Waals surface area contributed by atoms with Gasteiger partial charge in [0.15, 0.2) is 14.9 Å². The molecular formula is C13H21N3O5S. The summed E-state index contributed by atoms with van der Waals surface area (Å²) >= 11 is 0. The van der Waals surface area contributed by atoms with Gasteiger partial charge in [0.2, 0.25) is 5.95 Å². The molecule has 0 unspecified atom stereocenters. The molecule has 2 atom stereocenters. The number of methoxy groups -OCH3 is 1. The molecule has 1 aromatic heterocycles. The van der Waals surface area contributed by atoms with E-state index in [0.717, 1.165) is 6.26 Å². The summed E-state index contributed by atoms with van der Waals surface area (Å²) < 4.78 is 33.6. The van der Waals surface area contributed by atoms with Gasteiger partial charge in [-0.2, -0.15) is 0 Å². The zero-order chi connectivity index (χ0) is 16.2. The average Bonchev–Trinajstić information content (AvgIpc) is 2.48. The van der Waals surface area contributed by atoms with Crippen molar-refractivity contribution in [2.45, 2.75) is 23.7 Å². The van der Waals surface area contributed by atoms with Crippen molar-refractivity contribution in [2.75, 3.05) is 44.6 Å². The highest BCUT2D eigenvalue weighted by Gasteiger charge is 2.29. The van der Waals surface area contributed by atoms with E-state index in [4.69, 9.17) is 9.47 Å². The van der Waals surface area contributed by atoms with E-state index in [1.165, 1.54) is 12.3 Å². The fourth-order valence-corrected chi connectivity index (χ4v) is 2.82. The highest BCUT2D eigenvalue weighted by Crippen LogP contribution is 2.19. The van der Waals surface area contributed by atoms with Crippen molar-refractivity contribution in [3.05, 3.63) is 12.3 Å². The van der Waals surface area contributed by atoms with Crippen LogP contribution in [-0.2, 0) is 19.3 Å². The number of piperidine rings is 1. The molecule has 22 heavy (non-hydrogen) atoms. The van der Waals surface area contributed by atoms with Gasteiger partial charge in [-0.25, -0.2) is 18.4 Å². The van der Waals surface area contributed by atoms with Gasteiger partial charge in [0.1, 0.15) is 0 Å². The van der Waals surface area contributed by atoms with Crippen LogP contribution in [0.5, 0.6) is 0 Å². The zero-order valence-corrected chi connectivity index (χ0v) is 13.5. The predicted molar refractivity (Wildman–Crippen MR) is 79.6 cm³/mol. The number of sulfone groups is 1. The van der Waals surface area contributed by atoms with E-state index in [1.807, 2.05) is 0 Å². The van der Waals surface area contributed by atoms with Gasteiger partial charge in [-0.3, -0.25) is 0 Å². The van der Waals surface area contributed by atoms with Gasteiger partial charge in [-0.15, -0.1) is 0 Å². The number of ether oxygens (including phenoxy) is 2. The molecule has 9 heteroatoms. The van der Waals surface area contributed by atoms with Gasteiger partial charge in [-0.05, 0) is 12.5 Å². The normalized spacial score (nSPS) is 22.8. The van der Waals surface area contributed by atoms with Gasteiger partial charge in [0.05, 0.1) is 25.4 Å². The number of aromatic nitrogens is 2. The fraction of sp³-hybridized carbons (Fsp3) is 0.692. The van der Waals surface area contributed by atoms with Crippen molar-refractivity contribution in [3.8, 4) is 0 Å². The first kappa shape index (κ1) is 17.1. The summed E-state index contributed by atoms with van der Waals surface area (Å²) in [5.74, 6) is 0.303. The Morgan fingerprint density at radius 2 is 2.23 bits per heavy atom. The molecule has 1 aliphatic rings. The third-order valence-corrected chi connectivity index (χ3v) is 4.41. The molecule has 0 amide bonds. The molecule has 0 aliphatic carbocycles. The smallest absolute Gasteiger partial charge is 0.226 e. The number of hydrogen-bond donors (Lipinski definition) is 1. The van der Waals surface area contributed by atoms with Crippen LogP contribution in [0.15, 0.2) is 17.3 Å². The van der Waals surface area contributed by atoms with E-state index >= 15 is 0 Å². The van der Waals surface area contributed by atoms with E-state index < -0.39 is 15.9 Å². The molecule has 1 aromatic rings. The topological polar surface area (TPSA) is 102 Å². The number of aliphatic hydroxyl groups is 1. The number of anilines is 1. The number of nitrogens with zero attached hydrogens (tertiary/aromatic N) is 3. The van der Waals surface area contributed by atoms with E-state index in [9.17, 15) is 13.5 Å². The molecule has 0 spiro atoms. The lowest BCUT2D eigenvalue weighted by Gasteiger charge is -2.35. The summed E-state index contributed by atoms with van der Waals surface area (Å²) in [6, 6.07) is 1.36. The second-order valence-corrected chi connectivity index (χ2v) is 7.13. The highest BCUT2D eigenvalue weighted by atomic mass is 32.2. The van der Waals surface area contributed by atoms with Crippen LogP contribution in [0.25, 0.3) is 0 Å². The zero-order valence-electron chi connectivity index (χ0n) is 12.7. The van der Waals surface area contributed by atoms with Gasteiger partial charge < -0.3 is 19.5 Å². The maximum atomic E-state index is 11.5. The van der Waals surface area contributed by atoms with Crippen LogP contribution in [0.1, 0.15) is 6.42 Å². The first-order valence-corrected chi connectivity index (χ1v) is 8.87. The first-order valence-electron chi connectivity index (χ1n) is 6.98. The molecule has 2 rings (SSSR count). The molecule has 0 bridgehead atoms. The highest BCUT2D eigenvalue weighted by molar-refractivity contribution is 7.90. The second-order valence-electron chi connectivity index (χ2n) is 5.17. The van der Waals surface area contributed by atoms with Crippen LogP contribution in [0.3, 0.4) is 0 Å². The van der Waals surface area contributed by atoms with Crippen molar-refractivity contribution in [1.29, 1.82) is 0 Å². The molecule has 1 fully saturated rings. The summed E-state index contributed by atoms with van der Waals surface area (Å²) in [4.78, 5) is 9.91. The Bertz CT molecular complexity index is 595. The third kappa shape index (κ3) is 4.35. The third-order valence-electron chi connectivity index (χ3n) is 3.42. The second kappa shape index (κ2) is 7.32.